The van der Waals surface area contributed by atoms with Gasteiger partial charge in [0.2, 0.25) is 10.9 Å². The lowest BCUT2D eigenvalue weighted by molar-refractivity contribution is 0.317. The van der Waals surface area contributed by atoms with Crippen molar-refractivity contribution in [1.82, 2.24) is 10.5 Å². The van der Waals surface area contributed by atoms with E-state index in [9.17, 15) is 8.42 Å². The Hall–Kier alpha value is -3.24. The zero-order valence-electron chi connectivity index (χ0n) is 20.1. The molecule has 4 rings (SSSR count). The van der Waals surface area contributed by atoms with Gasteiger partial charge in [-0.25, -0.2) is 18.4 Å². The summed E-state index contributed by atoms with van der Waals surface area (Å²) < 4.78 is 24.1. The van der Waals surface area contributed by atoms with Gasteiger partial charge < -0.3 is 4.90 Å². The van der Waals surface area contributed by atoms with Crippen molar-refractivity contribution in [2.24, 2.45) is 20.5 Å². The summed E-state index contributed by atoms with van der Waals surface area (Å²) in [4.78, 5) is 12.1. The average molecular weight is 482 g/mol. The predicted octanol–water partition coefficient (Wildman–Crippen LogP) is 3.88. The van der Waals surface area contributed by atoms with Crippen LogP contribution < -0.4 is 15.0 Å². The fourth-order valence-corrected chi connectivity index (χ4v) is 4.29. The number of thiol groups is 1. The molecule has 180 valence electrons. The summed E-state index contributed by atoms with van der Waals surface area (Å²) in [6, 6.07) is 15.3. The first kappa shape index (κ1) is 23.9. The van der Waals surface area contributed by atoms with E-state index in [0.717, 1.165) is 35.8 Å². The van der Waals surface area contributed by atoms with E-state index in [2.05, 4.69) is 61.8 Å². The standard InChI is InChI=1S/C24H31N7O2S/c1-6-30(7-2)19-14-12-17(13-15-19)25-20-21(24(3,4)5)27-31-23(20)26-22(28-31)16-8-10-18(11-9-16)29-34(32)33/h8-15,22,28,34H,6-7H2,1-5H3,(H,29,32,33)/b25-20-. The molecule has 0 aliphatic carbocycles. The lowest BCUT2D eigenvalue weighted by Gasteiger charge is -2.21. The van der Waals surface area contributed by atoms with Gasteiger partial charge in [-0.2, -0.15) is 15.6 Å². The van der Waals surface area contributed by atoms with Crippen molar-refractivity contribution in [3.63, 3.8) is 0 Å². The number of rotatable bonds is 7. The SMILES string of the molecule is CCN(CC)c1ccc(/N=C2\C3=NC(c4ccc(N[SH](=O)=O)cc4)NN3N=C2C(C)(C)C)cc1. The van der Waals surface area contributed by atoms with Crippen molar-refractivity contribution in [3.05, 3.63) is 54.1 Å². The highest BCUT2D eigenvalue weighted by Crippen LogP contribution is 2.31. The molecule has 0 saturated carbocycles. The zero-order chi connectivity index (χ0) is 24.5. The smallest absolute Gasteiger partial charge is 0.222 e. The van der Waals surface area contributed by atoms with E-state index < -0.39 is 10.9 Å². The van der Waals surface area contributed by atoms with Crippen molar-refractivity contribution < 1.29 is 8.42 Å². The van der Waals surface area contributed by atoms with E-state index in [4.69, 9.17) is 15.1 Å². The van der Waals surface area contributed by atoms with Gasteiger partial charge in [-0.05, 0) is 55.8 Å². The van der Waals surface area contributed by atoms with Gasteiger partial charge in [-0.3, -0.25) is 4.72 Å². The van der Waals surface area contributed by atoms with E-state index in [1.165, 1.54) is 5.69 Å². The number of hydrogen-bond acceptors (Lipinski definition) is 8. The van der Waals surface area contributed by atoms with Crippen LogP contribution in [0, 0.1) is 5.41 Å². The van der Waals surface area contributed by atoms with E-state index in [-0.39, 0.29) is 11.6 Å². The third-order valence-electron chi connectivity index (χ3n) is 5.71. The van der Waals surface area contributed by atoms with Gasteiger partial charge in [0.05, 0.1) is 11.4 Å². The van der Waals surface area contributed by atoms with Gasteiger partial charge in [-0.1, -0.05) is 32.9 Å². The lowest BCUT2D eigenvalue weighted by atomic mass is 9.87. The van der Waals surface area contributed by atoms with E-state index >= 15 is 0 Å². The van der Waals surface area contributed by atoms with Crippen molar-refractivity contribution in [2.75, 3.05) is 22.7 Å². The normalized spacial score (nSPS) is 18.8. The highest BCUT2D eigenvalue weighted by molar-refractivity contribution is 7.73. The Balaban J connectivity index is 1.64. The number of hydrogen-bond donors (Lipinski definition) is 3. The monoisotopic (exact) mass is 481 g/mol. The number of nitrogens with one attached hydrogen (secondary N) is 2. The molecule has 1 unspecified atom stereocenters. The number of benzene rings is 2. The molecule has 0 spiro atoms. The molecule has 2 aromatic carbocycles. The largest absolute Gasteiger partial charge is 0.372 e. The maximum atomic E-state index is 10.9. The molecule has 1 atom stereocenters. The summed E-state index contributed by atoms with van der Waals surface area (Å²) in [5.41, 5.74) is 8.12. The van der Waals surface area contributed by atoms with Crippen molar-refractivity contribution in [2.45, 2.75) is 40.8 Å². The third-order valence-corrected chi connectivity index (χ3v) is 6.15. The molecule has 34 heavy (non-hydrogen) atoms. The van der Waals surface area contributed by atoms with Crippen LogP contribution in [0.15, 0.2) is 63.6 Å². The molecule has 0 aromatic heterocycles. The second-order valence-corrected chi connectivity index (χ2v) is 9.87. The molecule has 0 bridgehead atoms. The molecule has 10 heteroatoms. The first-order valence-electron chi connectivity index (χ1n) is 11.4. The van der Waals surface area contributed by atoms with Gasteiger partial charge in [-0.15, -0.1) is 0 Å². The fourth-order valence-electron chi connectivity index (χ4n) is 3.93. The summed E-state index contributed by atoms with van der Waals surface area (Å²) in [6.45, 7) is 12.5. The number of aliphatic imine (C=N–C) groups is 2. The Morgan fingerprint density at radius 1 is 1.06 bits per heavy atom. The van der Waals surface area contributed by atoms with Crippen LogP contribution in [0.2, 0.25) is 0 Å². The molecule has 2 N–H and O–H groups in total. The summed E-state index contributed by atoms with van der Waals surface area (Å²) in [7, 11) is -2.70. The molecule has 0 amide bonds. The number of anilines is 2. The predicted molar refractivity (Wildman–Crippen MR) is 140 cm³/mol. The quantitative estimate of drug-likeness (QED) is 0.521. The minimum absolute atomic E-state index is 0.216. The minimum Gasteiger partial charge on any atom is -0.372 e. The van der Waals surface area contributed by atoms with Crippen LogP contribution in [0.1, 0.15) is 46.3 Å². The first-order valence-corrected chi connectivity index (χ1v) is 12.6. The van der Waals surface area contributed by atoms with Crippen LogP contribution in [0.5, 0.6) is 0 Å². The lowest BCUT2D eigenvalue weighted by Crippen LogP contribution is -2.33. The third kappa shape index (κ3) is 4.97. The maximum absolute atomic E-state index is 10.9. The molecule has 2 aliphatic rings. The van der Waals surface area contributed by atoms with Crippen molar-refractivity contribution in [1.29, 1.82) is 0 Å². The fraction of sp³-hybridized carbons (Fsp3) is 0.375. The molecule has 0 saturated heterocycles. The molecule has 0 fully saturated rings. The van der Waals surface area contributed by atoms with Crippen LogP contribution in [0.25, 0.3) is 0 Å². The second kappa shape index (κ2) is 9.55. The Labute approximate surface area is 202 Å². The topological polar surface area (TPSA) is 102 Å². The Bertz CT molecular complexity index is 1200. The van der Waals surface area contributed by atoms with Gasteiger partial charge in [0, 0.05) is 29.9 Å². The van der Waals surface area contributed by atoms with Crippen LogP contribution in [0.3, 0.4) is 0 Å². The summed E-state index contributed by atoms with van der Waals surface area (Å²) in [5.74, 6) is 0.674. The van der Waals surface area contributed by atoms with Crippen molar-refractivity contribution >= 4 is 45.2 Å². The molecule has 2 aliphatic heterocycles. The number of hydrazine groups is 1. The maximum Gasteiger partial charge on any atom is 0.222 e. The molecule has 2 heterocycles. The van der Waals surface area contributed by atoms with Gasteiger partial charge in [0.1, 0.15) is 11.9 Å². The van der Waals surface area contributed by atoms with E-state index in [1.807, 2.05) is 24.3 Å². The highest BCUT2D eigenvalue weighted by atomic mass is 32.2. The van der Waals surface area contributed by atoms with Crippen LogP contribution in [-0.2, 0) is 10.9 Å². The Morgan fingerprint density at radius 2 is 1.71 bits per heavy atom. The van der Waals surface area contributed by atoms with Crippen LogP contribution >= 0.6 is 0 Å². The van der Waals surface area contributed by atoms with Gasteiger partial charge in [0.25, 0.3) is 0 Å². The zero-order valence-corrected chi connectivity index (χ0v) is 21.0. The van der Waals surface area contributed by atoms with E-state index in [0.29, 0.717) is 11.5 Å². The average Bonchev–Trinajstić information content (AvgIpc) is 3.35. The van der Waals surface area contributed by atoms with Gasteiger partial charge >= 0.3 is 0 Å². The number of amidine groups is 1. The number of nitrogens with zero attached hydrogens (tertiary/aromatic N) is 5. The molecule has 9 nitrogen and oxygen atoms in total. The number of fused-ring (bicyclic) bond motifs is 1. The Kier molecular flexibility index (Phi) is 6.72. The van der Waals surface area contributed by atoms with Crippen LogP contribution in [-0.4, -0.2) is 43.9 Å². The highest BCUT2D eigenvalue weighted by Gasteiger charge is 2.41. The van der Waals surface area contributed by atoms with Crippen molar-refractivity contribution in [3.8, 4) is 0 Å². The van der Waals surface area contributed by atoms with E-state index in [1.54, 1.807) is 17.3 Å². The van der Waals surface area contributed by atoms with Gasteiger partial charge in [0.15, 0.2) is 5.84 Å². The molecule has 0 radical (unpaired) electrons. The summed E-state index contributed by atoms with van der Waals surface area (Å²) in [6.07, 6.45) is -0.342. The molecular weight excluding hydrogens is 450 g/mol. The first-order chi connectivity index (χ1) is 16.2. The Morgan fingerprint density at radius 3 is 2.26 bits per heavy atom. The molecule has 2 aromatic rings. The summed E-state index contributed by atoms with van der Waals surface area (Å²) >= 11 is 0. The minimum atomic E-state index is -2.70. The van der Waals surface area contributed by atoms with Crippen LogP contribution in [0.4, 0.5) is 17.1 Å². The number of hydrazone groups is 1. The molecular formula is C24H31N7O2S. The summed E-state index contributed by atoms with van der Waals surface area (Å²) in [5, 5.41) is 6.47. The second-order valence-electron chi connectivity index (χ2n) is 9.13.